The zero-order valence-electron chi connectivity index (χ0n) is 12.4. The Bertz CT molecular complexity index is 341. The van der Waals surface area contributed by atoms with E-state index in [1.165, 1.54) is 5.56 Å². The second kappa shape index (κ2) is 9.82. The first-order valence-corrected chi connectivity index (χ1v) is 7.24. The number of hydrogen-bond acceptors (Lipinski definition) is 3. The fourth-order valence-electron chi connectivity index (χ4n) is 2.13. The maximum absolute atomic E-state index is 5.47. The minimum atomic E-state index is 0.447. The van der Waals surface area contributed by atoms with Gasteiger partial charge >= 0.3 is 0 Å². The number of hydrogen-bond donors (Lipinski definition) is 1. The van der Waals surface area contributed by atoms with E-state index in [4.69, 9.17) is 9.47 Å². The Balaban J connectivity index is 2.58. The van der Waals surface area contributed by atoms with Crippen LogP contribution in [0.15, 0.2) is 24.3 Å². The summed E-state index contributed by atoms with van der Waals surface area (Å²) in [6.07, 6.45) is 3.17. The Morgan fingerprint density at radius 2 is 2.00 bits per heavy atom. The van der Waals surface area contributed by atoms with E-state index in [9.17, 15) is 0 Å². The van der Waals surface area contributed by atoms with Crippen molar-refractivity contribution in [1.29, 1.82) is 0 Å². The minimum absolute atomic E-state index is 0.447. The summed E-state index contributed by atoms with van der Waals surface area (Å²) in [6.45, 7) is 6.87. The van der Waals surface area contributed by atoms with Crippen molar-refractivity contribution >= 4 is 0 Å². The van der Waals surface area contributed by atoms with Gasteiger partial charge in [-0.1, -0.05) is 25.1 Å². The highest BCUT2D eigenvalue weighted by atomic mass is 16.5. The van der Waals surface area contributed by atoms with Gasteiger partial charge in [0.2, 0.25) is 0 Å². The lowest BCUT2D eigenvalue weighted by Crippen LogP contribution is -2.33. The van der Waals surface area contributed by atoms with Crippen LogP contribution in [-0.4, -0.2) is 32.9 Å². The second-order valence-corrected chi connectivity index (χ2v) is 4.65. The molecule has 0 saturated heterocycles. The van der Waals surface area contributed by atoms with Gasteiger partial charge in [-0.25, -0.2) is 0 Å². The Morgan fingerprint density at radius 3 is 2.68 bits per heavy atom. The molecule has 1 aromatic rings. The topological polar surface area (TPSA) is 30.5 Å². The fraction of sp³-hybridized carbons (Fsp3) is 0.625. The van der Waals surface area contributed by atoms with Crippen LogP contribution < -0.4 is 10.1 Å². The molecule has 0 heterocycles. The van der Waals surface area contributed by atoms with E-state index in [0.29, 0.717) is 6.04 Å². The van der Waals surface area contributed by atoms with Gasteiger partial charge in [0, 0.05) is 19.3 Å². The van der Waals surface area contributed by atoms with Gasteiger partial charge in [-0.15, -0.1) is 0 Å². The average Bonchev–Trinajstić information content (AvgIpc) is 2.45. The maximum Gasteiger partial charge on any atom is 0.122 e. The van der Waals surface area contributed by atoms with Gasteiger partial charge < -0.3 is 14.8 Å². The first-order chi connectivity index (χ1) is 9.31. The maximum atomic E-state index is 5.47. The van der Waals surface area contributed by atoms with Gasteiger partial charge in [-0.05, 0) is 44.4 Å². The van der Waals surface area contributed by atoms with Crippen LogP contribution in [-0.2, 0) is 11.2 Å². The molecule has 1 aromatic carbocycles. The lowest BCUT2D eigenvalue weighted by Gasteiger charge is -2.19. The molecule has 0 radical (unpaired) electrons. The summed E-state index contributed by atoms with van der Waals surface area (Å²) in [7, 11) is 1.73. The van der Waals surface area contributed by atoms with Gasteiger partial charge in [0.15, 0.2) is 0 Å². The van der Waals surface area contributed by atoms with Crippen molar-refractivity contribution < 1.29 is 9.47 Å². The molecule has 1 N–H and O–H groups in total. The number of benzene rings is 1. The second-order valence-electron chi connectivity index (χ2n) is 4.65. The number of ether oxygens (including phenoxy) is 2. The van der Waals surface area contributed by atoms with Crippen LogP contribution in [0.5, 0.6) is 5.75 Å². The molecule has 3 nitrogen and oxygen atoms in total. The number of para-hydroxylation sites is 1. The molecule has 3 heteroatoms. The third-order valence-electron chi connectivity index (χ3n) is 3.16. The highest BCUT2D eigenvalue weighted by Crippen LogP contribution is 2.19. The van der Waals surface area contributed by atoms with Crippen LogP contribution in [0.1, 0.15) is 32.3 Å². The lowest BCUT2D eigenvalue weighted by molar-refractivity contribution is 0.136. The Morgan fingerprint density at radius 1 is 1.21 bits per heavy atom. The molecule has 1 atom stereocenters. The van der Waals surface area contributed by atoms with Crippen molar-refractivity contribution in [2.24, 2.45) is 0 Å². The third kappa shape index (κ3) is 6.08. The highest BCUT2D eigenvalue weighted by Gasteiger charge is 2.11. The Labute approximate surface area is 117 Å². The van der Waals surface area contributed by atoms with Gasteiger partial charge in [0.05, 0.1) is 7.11 Å². The van der Waals surface area contributed by atoms with Crippen molar-refractivity contribution in [2.45, 2.75) is 39.2 Å². The van der Waals surface area contributed by atoms with Crippen molar-refractivity contribution in [3.63, 3.8) is 0 Å². The molecule has 1 rings (SSSR count). The molecule has 0 aliphatic carbocycles. The van der Waals surface area contributed by atoms with Crippen LogP contribution in [0.25, 0.3) is 0 Å². The van der Waals surface area contributed by atoms with E-state index < -0.39 is 0 Å². The average molecular weight is 265 g/mol. The van der Waals surface area contributed by atoms with Crippen LogP contribution in [0.3, 0.4) is 0 Å². The number of rotatable bonds is 10. The van der Waals surface area contributed by atoms with E-state index in [2.05, 4.69) is 24.4 Å². The first kappa shape index (κ1) is 16.0. The quantitative estimate of drug-likeness (QED) is 0.660. The van der Waals surface area contributed by atoms with Crippen LogP contribution >= 0.6 is 0 Å². The molecule has 0 amide bonds. The monoisotopic (exact) mass is 265 g/mol. The van der Waals surface area contributed by atoms with Gasteiger partial charge in [-0.2, -0.15) is 0 Å². The Hall–Kier alpha value is -1.06. The zero-order valence-corrected chi connectivity index (χ0v) is 12.4. The summed E-state index contributed by atoms with van der Waals surface area (Å²) >= 11 is 0. The molecule has 1 unspecified atom stereocenters. The van der Waals surface area contributed by atoms with Crippen molar-refractivity contribution in [3.05, 3.63) is 29.8 Å². The fourth-order valence-corrected chi connectivity index (χ4v) is 2.13. The van der Waals surface area contributed by atoms with Crippen molar-refractivity contribution in [3.8, 4) is 5.75 Å². The molecule has 0 aromatic heterocycles. The van der Waals surface area contributed by atoms with E-state index in [-0.39, 0.29) is 0 Å². The summed E-state index contributed by atoms with van der Waals surface area (Å²) in [5, 5.41) is 3.59. The molecule has 0 spiro atoms. The normalized spacial score (nSPS) is 12.4. The predicted molar refractivity (Wildman–Crippen MR) is 79.9 cm³/mol. The van der Waals surface area contributed by atoms with E-state index in [0.717, 1.165) is 44.8 Å². The first-order valence-electron chi connectivity index (χ1n) is 7.24. The summed E-state index contributed by atoms with van der Waals surface area (Å²) in [6, 6.07) is 8.69. The van der Waals surface area contributed by atoms with Gasteiger partial charge in [-0.3, -0.25) is 0 Å². The molecular formula is C16H27NO2. The molecule has 0 aliphatic rings. The van der Waals surface area contributed by atoms with Gasteiger partial charge in [0.1, 0.15) is 5.75 Å². The molecule has 0 bridgehead atoms. The van der Waals surface area contributed by atoms with E-state index >= 15 is 0 Å². The van der Waals surface area contributed by atoms with Crippen molar-refractivity contribution in [2.75, 3.05) is 26.9 Å². The molecule has 0 fully saturated rings. The summed E-state index contributed by atoms with van der Waals surface area (Å²) in [4.78, 5) is 0. The molecular weight excluding hydrogens is 238 g/mol. The summed E-state index contributed by atoms with van der Waals surface area (Å²) in [5.74, 6) is 0.974. The van der Waals surface area contributed by atoms with E-state index in [1.54, 1.807) is 7.11 Å². The number of nitrogens with one attached hydrogen (secondary N) is 1. The van der Waals surface area contributed by atoms with E-state index in [1.807, 2.05) is 19.1 Å². The minimum Gasteiger partial charge on any atom is -0.496 e. The molecule has 108 valence electrons. The van der Waals surface area contributed by atoms with Crippen LogP contribution in [0.2, 0.25) is 0 Å². The summed E-state index contributed by atoms with van der Waals surface area (Å²) in [5.41, 5.74) is 1.26. The summed E-state index contributed by atoms with van der Waals surface area (Å²) < 4.78 is 10.9. The van der Waals surface area contributed by atoms with Crippen LogP contribution in [0, 0.1) is 0 Å². The highest BCUT2D eigenvalue weighted by molar-refractivity contribution is 5.33. The standard InChI is InChI=1S/C16H27NO2/c1-4-11-17-15(10-12-19-5-2)13-14-8-6-7-9-16(14)18-3/h6-9,15,17H,4-5,10-13H2,1-3H3. The van der Waals surface area contributed by atoms with Crippen molar-refractivity contribution in [1.82, 2.24) is 5.32 Å². The molecule has 0 aliphatic heterocycles. The zero-order chi connectivity index (χ0) is 13.9. The lowest BCUT2D eigenvalue weighted by atomic mass is 10.0. The molecule has 19 heavy (non-hydrogen) atoms. The van der Waals surface area contributed by atoms with Gasteiger partial charge in [0.25, 0.3) is 0 Å². The predicted octanol–water partition coefficient (Wildman–Crippen LogP) is 3.03. The SMILES string of the molecule is CCCNC(CCOCC)Cc1ccccc1OC. The largest absolute Gasteiger partial charge is 0.496 e. The molecule has 0 saturated carbocycles. The van der Waals surface area contributed by atoms with Crippen LogP contribution in [0.4, 0.5) is 0 Å². The Kier molecular flexibility index (Phi) is 8.26. The third-order valence-corrected chi connectivity index (χ3v) is 3.16. The smallest absolute Gasteiger partial charge is 0.122 e. The number of methoxy groups -OCH3 is 1.